The van der Waals surface area contributed by atoms with E-state index in [-0.39, 0.29) is 24.4 Å². The zero-order valence-electron chi connectivity index (χ0n) is 14.1. The normalized spacial score (nSPS) is 10.9. The van der Waals surface area contributed by atoms with E-state index >= 15 is 0 Å². The SMILES string of the molecule is C/C(=N/NC(=O)CCC(=O)Nc1ccccc1)c1ccc([N+](=O)[O-])cc1. The number of carbonyl (C=O) groups excluding carboxylic acids is 2. The number of hydrazone groups is 1. The maximum atomic E-state index is 11.8. The van der Waals surface area contributed by atoms with Gasteiger partial charge in [-0.1, -0.05) is 18.2 Å². The minimum absolute atomic E-state index is 0.00426. The zero-order valence-corrected chi connectivity index (χ0v) is 14.1. The van der Waals surface area contributed by atoms with Crippen molar-refractivity contribution in [1.29, 1.82) is 0 Å². The van der Waals surface area contributed by atoms with Crippen LogP contribution in [0, 0.1) is 10.1 Å². The average molecular weight is 354 g/mol. The maximum absolute atomic E-state index is 11.8. The number of non-ortho nitro benzene ring substituents is 1. The number of hydrogen-bond donors (Lipinski definition) is 2. The zero-order chi connectivity index (χ0) is 18.9. The molecule has 2 N–H and O–H groups in total. The molecule has 0 aromatic heterocycles. The van der Waals surface area contributed by atoms with Crippen LogP contribution in [0.1, 0.15) is 25.3 Å². The Morgan fingerprint density at radius 3 is 2.23 bits per heavy atom. The van der Waals surface area contributed by atoms with Crippen molar-refractivity contribution in [2.45, 2.75) is 19.8 Å². The number of nitrogens with one attached hydrogen (secondary N) is 2. The van der Waals surface area contributed by atoms with E-state index in [9.17, 15) is 19.7 Å². The van der Waals surface area contributed by atoms with Gasteiger partial charge in [-0.15, -0.1) is 0 Å². The first kappa shape index (κ1) is 18.8. The molecule has 0 atom stereocenters. The van der Waals surface area contributed by atoms with E-state index in [0.717, 1.165) is 0 Å². The Bertz CT molecular complexity index is 817. The van der Waals surface area contributed by atoms with Crippen LogP contribution >= 0.6 is 0 Å². The topological polar surface area (TPSA) is 114 Å². The molecule has 0 spiro atoms. The minimum atomic E-state index is -0.488. The second-order valence-electron chi connectivity index (χ2n) is 5.45. The molecule has 0 aliphatic heterocycles. The molecule has 0 aliphatic rings. The smallest absolute Gasteiger partial charge is 0.269 e. The van der Waals surface area contributed by atoms with E-state index in [4.69, 9.17) is 0 Å². The van der Waals surface area contributed by atoms with Crippen LogP contribution in [-0.2, 0) is 9.59 Å². The van der Waals surface area contributed by atoms with Gasteiger partial charge in [0, 0.05) is 30.7 Å². The number of amides is 2. The predicted octanol–water partition coefficient (Wildman–Crippen LogP) is 2.85. The number of benzene rings is 2. The molecule has 2 aromatic rings. The van der Waals surface area contributed by atoms with Crippen molar-refractivity contribution in [2.75, 3.05) is 5.32 Å². The van der Waals surface area contributed by atoms with Crippen molar-refractivity contribution in [2.24, 2.45) is 5.10 Å². The van der Waals surface area contributed by atoms with Crippen LogP contribution < -0.4 is 10.7 Å². The summed E-state index contributed by atoms with van der Waals surface area (Å²) in [4.78, 5) is 33.7. The Morgan fingerprint density at radius 2 is 1.62 bits per heavy atom. The van der Waals surface area contributed by atoms with Crippen LogP contribution in [0.5, 0.6) is 0 Å². The van der Waals surface area contributed by atoms with Crippen molar-refractivity contribution >= 4 is 28.9 Å². The molecule has 8 heteroatoms. The van der Waals surface area contributed by atoms with Crippen molar-refractivity contribution in [3.05, 3.63) is 70.3 Å². The number of nitro groups is 1. The number of para-hydroxylation sites is 1. The molecule has 134 valence electrons. The largest absolute Gasteiger partial charge is 0.326 e. The number of carbonyl (C=O) groups is 2. The first-order valence-electron chi connectivity index (χ1n) is 7.88. The minimum Gasteiger partial charge on any atom is -0.326 e. The molecule has 0 heterocycles. The number of anilines is 1. The lowest BCUT2D eigenvalue weighted by Crippen LogP contribution is -2.21. The summed E-state index contributed by atoms with van der Waals surface area (Å²) in [6, 6.07) is 14.8. The molecular formula is C18H18N4O4. The third kappa shape index (κ3) is 5.82. The maximum Gasteiger partial charge on any atom is 0.269 e. The molecule has 2 amide bonds. The highest BCUT2D eigenvalue weighted by Gasteiger charge is 2.08. The van der Waals surface area contributed by atoms with Gasteiger partial charge in [0.05, 0.1) is 10.6 Å². The van der Waals surface area contributed by atoms with E-state index in [1.807, 2.05) is 6.07 Å². The Kier molecular flexibility index (Phi) is 6.55. The fourth-order valence-corrected chi connectivity index (χ4v) is 2.06. The Balaban J connectivity index is 1.80. The molecule has 2 rings (SSSR count). The lowest BCUT2D eigenvalue weighted by atomic mass is 10.1. The lowest BCUT2D eigenvalue weighted by Gasteiger charge is -2.05. The van der Waals surface area contributed by atoms with Gasteiger partial charge in [-0.3, -0.25) is 19.7 Å². The summed E-state index contributed by atoms with van der Waals surface area (Å²) in [5, 5.41) is 17.3. The van der Waals surface area contributed by atoms with E-state index in [1.165, 1.54) is 12.1 Å². The summed E-state index contributed by atoms with van der Waals surface area (Å²) in [5.74, 6) is -0.656. The first-order chi connectivity index (χ1) is 12.5. The second kappa shape index (κ2) is 9.07. The number of rotatable bonds is 7. The van der Waals surface area contributed by atoms with Crippen LogP contribution in [0.3, 0.4) is 0 Å². The monoisotopic (exact) mass is 354 g/mol. The van der Waals surface area contributed by atoms with Crippen LogP contribution in [0.15, 0.2) is 59.7 Å². The Labute approximate surface area is 150 Å². The molecule has 0 saturated carbocycles. The van der Waals surface area contributed by atoms with E-state index in [1.54, 1.807) is 43.3 Å². The van der Waals surface area contributed by atoms with E-state index in [2.05, 4.69) is 15.8 Å². The number of nitro benzene ring substituents is 1. The third-order valence-electron chi connectivity index (χ3n) is 3.48. The lowest BCUT2D eigenvalue weighted by molar-refractivity contribution is -0.384. The summed E-state index contributed by atoms with van der Waals surface area (Å²) in [6.45, 7) is 1.67. The average Bonchev–Trinajstić information content (AvgIpc) is 2.65. The standard InChI is InChI=1S/C18H18N4O4/c1-13(14-7-9-16(10-8-14)22(25)26)20-21-18(24)12-11-17(23)19-15-5-3-2-4-6-15/h2-10H,11-12H2,1H3,(H,19,23)(H,21,24)/b20-13-. The highest BCUT2D eigenvalue weighted by atomic mass is 16.6. The molecule has 0 saturated heterocycles. The molecule has 0 radical (unpaired) electrons. The molecule has 26 heavy (non-hydrogen) atoms. The summed E-state index contributed by atoms with van der Waals surface area (Å²) < 4.78 is 0. The quantitative estimate of drug-likeness (QED) is 0.452. The van der Waals surface area contributed by atoms with Gasteiger partial charge in [0.2, 0.25) is 11.8 Å². The van der Waals surface area contributed by atoms with E-state index in [0.29, 0.717) is 17.0 Å². The van der Waals surface area contributed by atoms with Crippen LogP contribution in [0.4, 0.5) is 11.4 Å². The van der Waals surface area contributed by atoms with Gasteiger partial charge in [0.25, 0.3) is 5.69 Å². The van der Waals surface area contributed by atoms with Crippen LogP contribution in [0.2, 0.25) is 0 Å². The number of hydrogen-bond acceptors (Lipinski definition) is 5. The fraction of sp³-hybridized carbons (Fsp3) is 0.167. The molecule has 0 fully saturated rings. The first-order valence-corrected chi connectivity index (χ1v) is 7.88. The molecule has 0 bridgehead atoms. The van der Waals surface area contributed by atoms with Gasteiger partial charge >= 0.3 is 0 Å². The number of nitrogens with zero attached hydrogens (tertiary/aromatic N) is 2. The third-order valence-corrected chi connectivity index (χ3v) is 3.48. The molecule has 0 aliphatic carbocycles. The van der Waals surface area contributed by atoms with Gasteiger partial charge in [0.1, 0.15) is 0 Å². The Hall–Kier alpha value is -3.55. The molecule has 0 unspecified atom stereocenters. The van der Waals surface area contributed by atoms with Gasteiger partial charge in [-0.2, -0.15) is 5.10 Å². The fourth-order valence-electron chi connectivity index (χ4n) is 2.06. The molecular weight excluding hydrogens is 336 g/mol. The van der Waals surface area contributed by atoms with Crippen molar-refractivity contribution in [3.63, 3.8) is 0 Å². The van der Waals surface area contributed by atoms with Crippen molar-refractivity contribution < 1.29 is 14.5 Å². The van der Waals surface area contributed by atoms with Gasteiger partial charge in [0.15, 0.2) is 0 Å². The predicted molar refractivity (Wildman–Crippen MR) is 97.8 cm³/mol. The molecule has 8 nitrogen and oxygen atoms in total. The highest BCUT2D eigenvalue weighted by molar-refractivity contribution is 5.99. The second-order valence-corrected chi connectivity index (χ2v) is 5.45. The summed E-state index contributed by atoms with van der Waals surface area (Å²) in [5.41, 5.74) is 4.18. The van der Waals surface area contributed by atoms with Crippen LogP contribution in [0.25, 0.3) is 0 Å². The summed E-state index contributed by atoms with van der Waals surface area (Å²) >= 11 is 0. The summed E-state index contributed by atoms with van der Waals surface area (Å²) in [7, 11) is 0. The van der Waals surface area contributed by atoms with Gasteiger partial charge in [-0.05, 0) is 36.8 Å². The van der Waals surface area contributed by atoms with E-state index < -0.39 is 10.8 Å². The summed E-state index contributed by atoms with van der Waals surface area (Å²) in [6.07, 6.45) is 0.0303. The molecule has 2 aromatic carbocycles. The highest BCUT2D eigenvalue weighted by Crippen LogP contribution is 2.12. The van der Waals surface area contributed by atoms with Crippen LogP contribution in [-0.4, -0.2) is 22.4 Å². The van der Waals surface area contributed by atoms with Gasteiger partial charge < -0.3 is 5.32 Å². The van der Waals surface area contributed by atoms with Crippen molar-refractivity contribution in [3.8, 4) is 0 Å². The van der Waals surface area contributed by atoms with Crippen molar-refractivity contribution in [1.82, 2.24) is 5.43 Å². The Morgan fingerprint density at radius 1 is 1.00 bits per heavy atom. The van der Waals surface area contributed by atoms with Gasteiger partial charge in [-0.25, -0.2) is 5.43 Å².